The summed E-state index contributed by atoms with van der Waals surface area (Å²) in [5.74, 6) is 0.827. The highest BCUT2D eigenvalue weighted by Crippen LogP contribution is 2.19. The van der Waals surface area contributed by atoms with Crippen LogP contribution < -0.4 is 10.5 Å². The number of halogens is 1. The molecule has 2 N–H and O–H groups in total. The largest absolute Gasteiger partial charge is 0.496 e. The Labute approximate surface area is 127 Å². The van der Waals surface area contributed by atoms with Gasteiger partial charge in [0.2, 0.25) is 5.91 Å². The zero-order chi connectivity index (χ0) is 14.5. The molecular weight excluding hydrogens is 276 g/mol. The Morgan fingerprint density at radius 2 is 1.95 bits per heavy atom. The van der Waals surface area contributed by atoms with Crippen molar-refractivity contribution in [3.8, 4) is 5.75 Å². The normalized spacial score (nSPS) is 10.7. The summed E-state index contributed by atoms with van der Waals surface area (Å²) in [5, 5.41) is 0. The summed E-state index contributed by atoms with van der Waals surface area (Å²) in [6.07, 6.45) is 0.348. The van der Waals surface area contributed by atoms with Crippen LogP contribution in [0.4, 0.5) is 0 Å². The molecule has 1 aromatic carbocycles. The number of nitrogens with two attached hydrogens (primary N) is 1. The van der Waals surface area contributed by atoms with E-state index in [1.807, 2.05) is 31.3 Å². The Kier molecular flexibility index (Phi) is 7.61. The predicted molar refractivity (Wildman–Crippen MR) is 84.4 cm³/mol. The van der Waals surface area contributed by atoms with Gasteiger partial charge in [-0.15, -0.1) is 12.4 Å². The SMILES string of the molecule is COc1ccccc1CC(=O)N(C)CC(C)(C)CN.Cl. The highest BCUT2D eigenvalue weighted by atomic mass is 35.5. The molecule has 5 heteroatoms. The first kappa shape index (κ1) is 18.7. The van der Waals surface area contributed by atoms with Gasteiger partial charge in [0.15, 0.2) is 0 Å². The Morgan fingerprint density at radius 1 is 1.35 bits per heavy atom. The lowest BCUT2D eigenvalue weighted by Crippen LogP contribution is -2.40. The summed E-state index contributed by atoms with van der Waals surface area (Å²) in [4.78, 5) is 13.9. The van der Waals surface area contributed by atoms with Crippen molar-refractivity contribution in [3.05, 3.63) is 29.8 Å². The highest BCUT2D eigenvalue weighted by Gasteiger charge is 2.21. The third kappa shape index (κ3) is 5.39. The van der Waals surface area contributed by atoms with Crippen molar-refractivity contribution in [2.45, 2.75) is 20.3 Å². The number of nitrogens with zero attached hydrogens (tertiary/aromatic N) is 1. The van der Waals surface area contributed by atoms with Gasteiger partial charge in [-0.2, -0.15) is 0 Å². The molecule has 0 heterocycles. The van der Waals surface area contributed by atoms with Crippen LogP contribution in [-0.4, -0.2) is 38.1 Å². The molecule has 0 aromatic heterocycles. The summed E-state index contributed by atoms with van der Waals surface area (Å²) in [5.41, 5.74) is 6.54. The van der Waals surface area contributed by atoms with Gasteiger partial charge in [0.25, 0.3) is 0 Å². The fourth-order valence-corrected chi connectivity index (χ4v) is 1.94. The van der Waals surface area contributed by atoms with E-state index in [1.54, 1.807) is 12.0 Å². The van der Waals surface area contributed by atoms with Gasteiger partial charge in [-0.25, -0.2) is 0 Å². The zero-order valence-corrected chi connectivity index (χ0v) is 13.5. The minimum absolute atomic E-state index is 0. The average Bonchev–Trinajstić information content (AvgIpc) is 2.38. The molecule has 0 aliphatic rings. The van der Waals surface area contributed by atoms with Crippen molar-refractivity contribution in [2.75, 3.05) is 27.2 Å². The Balaban J connectivity index is 0.00000361. The van der Waals surface area contributed by atoms with Crippen LogP contribution in [0.5, 0.6) is 5.75 Å². The van der Waals surface area contributed by atoms with Crippen LogP contribution in [0.25, 0.3) is 0 Å². The molecule has 0 atom stereocenters. The molecule has 0 radical (unpaired) electrons. The number of hydrogen-bond donors (Lipinski definition) is 1. The summed E-state index contributed by atoms with van der Waals surface area (Å²) in [6, 6.07) is 7.59. The molecule has 1 rings (SSSR count). The van der Waals surface area contributed by atoms with E-state index >= 15 is 0 Å². The van der Waals surface area contributed by atoms with E-state index in [-0.39, 0.29) is 23.7 Å². The number of rotatable bonds is 6. The minimum Gasteiger partial charge on any atom is -0.496 e. The maximum atomic E-state index is 12.2. The van der Waals surface area contributed by atoms with E-state index in [1.165, 1.54) is 0 Å². The molecule has 0 bridgehead atoms. The van der Waals surface area contributed by atoms with Crippen molar-refractivity contribution in [3.63, 3.8) is 0 Å². The number of carbonyl (C=O) groups excluding carboxylic acids is 1. The Hall–Kier alpha value is -1.26. The van der Waals surface area contributed by atoms with E-state index < -0.39 is 0 Å². The number of hydrogen-bond acceptors (Lipinski definition) is 3. The highest BCUT2D eigenvalue weighted by molar-refractivity contribution is 5.85. The van der Waals surface area contributed by atoms with Gasteiger partial charge >= 0.3 is 0 Å². The zero-order valence-electron chi connectivity index (χ0n) is 12.7. The second kappa shape index (κ2) is 8.12. The van der Waals surface area contributed by atoms with Crippen LogP contribution in [0.1, 0.15) is 19.4 Å². The summed E-state index contributed by atoms with van der Waals surface area (Å²) < 4.78 is 5.26. The number of benzene rings is 1. The number of amides is 1. The van der Waals surface area contributed by atoms with Gasteiger partial charge in [-0.1, -0.05) is 32.0 Å². The van der Waals surface area contributed by atoms with E-state index in [0.717, 1.165) is 11.3 Å². The number of para-hydroxylation sites is 1. The van der Waals surface area contributed by atoms with Gasteiger partial charge in [-0.3, -0.25) is 4.79 Å². The van der Waals surface area contributed by atoms with Crippen LogP contribution >= 0.6 is 12.4 Å². The summed E-state index contributed by atoms with van der Waals surface area (Å²) >= 11 is 0. The van der Waals surface area contributed by atoms with Crippen LogP contribution in [-0.2, 0) is 11.2 Å². The van der Waals surface area contributed by atoms with E-state index in [2.05, 4.69) is 13.8 Å². The van der Waals surface area contributed by atoms with Crippen LogP contribution in [0, 0.1) is 5.41 Å². The van der Waals surface area contributed by atoms with Crippen molar-refractivity contribution >= 4 is 18.3 Å². The molecule has 1 amide bonds. The molecule has 0 fully saturated rings. The molecule has 114 valence electrons. The quantitative estimate of drug-likeness (QED) is 0.875. The van der Waals surface area contributed by atoms with Gasteiger partial charge < -0.3 is 15.4 Å². The van der Waals surface area contributed by atoms with Crippen LogP contribution in [0.2, 0.25) is 0 Å². The van der Waals surface area contributed by atoms with Crippen molar-refractivity contribution in [2.24, 2.45) is 11.1 Å². The molecule has 1 aromatic rings. The smallest absolute Gasteiger partial charge is 0.226 e. The number of carbonyl (C=O) groups is 1. The Morgan fingerprint density at radius 3 is 2.50 bits per heavy atom. The predicted octanol–water partition coefficient (Wildman–Crippen LogP) is 2.10. The van der Waals surface area contributed by atoms with Crippen LogP contribution in [0.3, 0.4) is 0 Å². The lowest BCUT2D eigenvalue weighted by atomic mass is 9.93. The lowest BCUT2D eigenvalue weighted by molar-refractivity contribution is -0.130. The lowest BCUT2D eigenvalue weighted by Gasteiger charge is -2.29. The van der Waals surface area contributed by atoms with Crippen LogP contribution in [0.15, 0.2) is 24.3 Å². The van der Waals surface area contributed by atoms with E-state index in [0.29, 0.717) is 19.5 Å². The van der Waals surface area contributed by atoms with Gasteiger partial charge in [0.05, 0.1) is 13.5 Å². The first-order valence-electron chi connectivity index (χ1n) is 6.45. The first-order valence-corrected chi connectivity index (χ1v) is 6.45. The van der Waals surface area contributed by atoms with E-state index in [9.17, 15) is 4.79 Å². The van der Waals surface area contributed by atoms with E-state index in [4.69, 9.17) is 10.5 Å². The van der Waals surface area contributed by atoms with Crippen molar-refractivity contribution in [1.29, 1.82) is 0 Å². The molecule has 0 saturated carbocycles. The van der Waals surface area contributed by atoms with Crippen molar-refractivity contribution < 1.29 is 9.53 Å². The van der Waals surface area contributed by atoms with Gasteiger partial charge in [-0.05, 0) is 18.0 Å². The maximum absolute atomic E-state index is 12.2. The molecule has 4 nitrogen and oxygen atoms in total. The maximum Gasteiger partial charge on any atom is 0.226 e. The summed E-state index contributed by atoms with van der Waals surface area (Å²) in [6.45, 7) is 5.32. The molecule has 0 unspecified atom stereocenters. The third-order valence-corrected chi connectivity index (χ3v) is 3.18. The number of likely N-dealkylation sites (N-methyl/N-ethyl adjacent to an activating group) is 1. The molecule has 20 heavy (non-hydrogen) atoms. The fraction of sp³-hybridized carbons (Fsp3) is 0.533. The Bertz CT molecular complexity index is 436. The molecular formula is C15H25ClN2O2. The third-order valence-electron chi connectivity index (χ3n) is 3.18. The average molecular weight is 301 g/mol. The second-order valence-corrected chi connectivity index (χ2v) is 5.61. The molecule has 0 saturated heterocycles. The van der Waals surface area contributed by atoms with Gasteiger partial charge in [0, 0.05) is 19.2 Å². The minimum atomic E-state index is -0.0643. The molecule has 0 aliphatic carbocycles. The second-order valence-electron chi connectivity index (χ2n) is 5.61. The van der Waals surface area contributed by atoms with Gasteiger partial charge in [0.1, 0.15) is 5.75 Å². The molecule has 0 spiro atoms. The standard InChI is InChI=1S/C15H24N2O2.ClH/c1-15(2,10-16)11-17(3)14(18)9-12-7-5-6-8-13(12)19-4;/h5-8H,9-11,16H2,1-4H3;1H. The first-order chi connectivity index (χ1) is 8.89. The topological polar surface area (TPSA) is 55.6 Å². The fourth-order valence-electron chi connectivity index (χ4n) is 1.94. The number of methoxy groups -OCH3 is 1. The molecule has 0 aliphatic heterocycles. The summed E-state index contributed by atoms with van der Waals surface area (Å²) in [7, 11) is 3.43. The number of ether oxygens (including phenoxy) is 1. The monoisotopic (exact) mass is 300 g/mol. The van der Waals surface area contributed by atoms with Crippen molar-refractivity contribution in [1.82, 2.24) is 4.90 Å².